The maximum absolute atomic E-state index is 12.3. The highest BCUT2D eigenvalue weighted by Gasteiger charge is 2.32. The number of hydrogen-bond donors (Lipinski definition) is 1. The number of carbonyl (C=O) groups excluding carboxylic acids is 1. The molecule has 1 aliphatic carbocycles. The van der Waals surface area contributed by atoms with E-state index in [1.165, 1.54) is 0 Å². The van der Waals surface area contributed by atoms with Crippen molar-refractivity contribution in [2.45, 2.75) is 39.2 Å². The molecule has 0 spiro atoms. The van der Waals surface area contributed by atoms with E-state index in [2.05, 4.69) is 24.3 Å². The topological polar surface area (TPSA) is 46.9 Å². The Balaban J connectivity index is 1.68. The fourth-order valence-electron chi connectivity index (χ4n) is 2.99. The van der Waals surface area contributed by atoms with Crippen LogP contribution in [0.1, 0.15) is 43.6 Å². The quantitative estimate of drug-likeness (QED) is 0.940. The Morgan fingerprint density at radius 1 is 1.29 bits per heavy atom. The van der Waals surface area contributed by atoms with Gasteiger partial charge in [-0.15, -0.1) is 0 Å². The first-order valence-electron chi connectivity index (χ1n) is 7.45. The second kappa shape index (κ2) is 5.35. The summed E-state index contributed by atoms with van der Waals surface area (Å²) in [5.74, 6) is -0.0765. The van der Waals surface area contributed by atoms with Crippen molar-refractivity contribution < 1.29 is 4.79 Å². The average molecular weight is 283 g/mol. The molecule has 3 rings (SSSR count). The van der Waals surface area contributed by atoms with E-state index in [1.54, 1.807) is 10.7 Å². The van der Waals surface area contributed by atoms with Crippen LogP contribution < -0.4 is 5.32 Å². The highest BCUT2D eigenvalue weighted by molar-refractivity contribution is 5.92. The normalized spacial score (nSPS) is 20.4. The standard InChI is InChI=1S/C17H21N3O/c1-17(2)10-8-13(12-17)18-16(21)15-9-11-20(19-15)14-6-4-3-5-7-14/h3-7,9,11,13H,8,10,12H2,1-2H3,(H,18,21). The number of hydrogen-bond acceptors (Lipinski definition) is 2. The summed E-state index contributed by atoms with van der Waals surface area (Å²) >= 11 is 0. The molecular formula is C17H21N3O. The lowest BCUT2D eigenvalue weighted by atomic mass is 9.92. The van der Waals surface area contributed by atoms with Crippen LogP contribution in [0.15, 0.2) is 42.6 Å². The van der Waals surface area contributed by atoms with Crippen molar-refractivity contribution in [3.05, 3.63) is 48.3 Å². The summed E-state index contributed by atoms with van der Waals surface area (Å²) < 4.78 is 1.73. The van der Waals surface area contributed by atoms with Gasteiger partial charge in [0.2, 0.25) is 0 Å². The minimum Gasteiger partial charge on any atom is -0.348 e. The highest BCUT2D eigenvalue weighted by atomic mass is 16.2. The Kier molecular flexibility index (Phi) is 3.53. The predicted molar refractivity (Wildman–Crippen MR) is 82.5 cm³/mol. The van der Waals surface area contributed by atoms with Crippen molar-refractivity contribution in [2.24, 2.45) is 5.41 Å². The SMILES string of the molecule is CC1(C)CCC(NC(=O)c2ccn(-c3ccccc3)n2)C1. The molecule has 1 amide bonds. The first-order valence-corrected chi connectivity index (χ1v) is 7.45. The fraction of sp³-hybridized carbons (Fsp3) is 0.412. The minimum absolute atomic E-state index is 0.0765. The summed E-state index contributed by atoms with van der Waals surface area (Å²) in [5, 5.41) is 7.46. The molecule has 1 aliphatic rings. The molecule has 1 fully saturated rings. The lowest BCUT2D eigenvalue weighted by Crippen LogP contribution is -2.33. The van der Waals surface area contributed by atoms with Crippen LogP contribution in [0, 0.1) is 5.41 Å². The molecule has 4 heteroatoms. The second-order valence-corrected chi connectivity index (χ2v) is 6.56. The third kappa shape index (κ3) is 3.15. The van der Waals surface area contributed by atoms with Gasteiger partial charge in [0.25, 0.3) is 5.91 Å². The molecular weight excluding hydrogens is 262 g/mol. The van der Waals surface area contributed by atoms with Crippen molar-refractivity contribution in [1.29, 1.82) is 0 Å². The van der Waals surface area contributed by atoms with E-state index >= 15 is 0 Å². The first kappa shape index (κ1) is 13.9. The first-order chi connectivity index (χ1) is 10.0. The van der Waals surface area contributed by atoms with Crippen molar-refractivity contribution in [1.82, 2.24) is 15.1 Å². The predicted octanol–water partition coefficient (Wildman–Crippen LogP) is 3.18. The molecule has 1 saturated carbocycles. The summed E-state index contributed by atoms with van der Waals surface area (Å²) in [6, 6.07) is 11.8. The van der Waals surface area contributed by atoms with Crippen molar-refractivity contribution in [2.75, 3.05) is 0 Å². The van der Waals surface area contributed by atoms with Gasteiger partial charge in [-0.2, -0.15) is 5.10 Å². The number of nitrogens with zero attached hydrogens (tertiary/aromatic N) is 2. The maximum atomic E-state index is 12.3. The smallest absolute Gasteiger partial charge is 0.272 e. The number of rotatable bonds is 3. The molecule has 1 atom stereocenters. The van der Waals surface area contributed by atoms with Crippen LogP contribution in [0.4, 0.5) is 0 Å². The van der Waals surface area contributed by atoms with Crippen LogP contribution in [0.2, 0.25) is 0 Å². The number of amides is 1. The van der Waals surface area contributed by atoms with Gasteiger partial charge in [-0.25, -0.2) is 4.68 Å². The number of carbonyl (C=O) groups is 1. The van der Waals surface area contributed by atoms with E-state index in [0.29, 0.717) is 11.1 Å². The molecule has 1 heterocycles. The van der Waals surface area contributed by atoms with E-state index in [0.717, 1.165) is 24.9 Å². The Hall–Kier alpha value is -2.10. The Morgan fingerprint density at radius 3 is 2.71 bits per heavy atom. The van der Waals surface area contributed by atoms with E-state index in [-0.39, 0.29) is 11.9 Å². The van der Waals surface area contributed by atoms with Gasteiger partial charge in [0, 0.05) is 12.2 Å². The number of nitrogens with one attached hydrogen (secondary N) is 1. The summed E-state index contributed by atoms with van der Waals surface area (Å²) in [7, 11) is 0. The number of aromatic nitrogens is 2. The monoisotopic (exact) mass is 283 g/mol. The Morgan fingerprint density at radius 2 is 2.05 bits per heavy atom. The van der Waals surface area contributed by atoms with Crippen molar-refractivity contribution >= 4 is 5.91 Å². The molecule has 1 unspecified atom stereocenters. The molecule has 110 valence electrons. The zero-order chi connectivity index (χ0) is 14.9. The third-order valence-corrected chi connectivity index (χ3v) is 4.15. The Bertz CT molecular complexity index is 630. The average Bonchev–Trinajstić information content (AvgIpc) is 3.07. The van der Waals surface area contributed by atoms with Crippen molar-refractivity contribution in [3.63, 3.8) is 0 Å². The largest absolute Gasteiger partial charge is 0.348 e. The van der Waals surface area contributed by atoms with Crippen LogP contribution >= 0.6 is 0 Å². The van der Waals surface area contributed by atoms with Gasteiger partial charge in [-0.1, -0.05) is 32.0 Å². The van der Waals surface area contributed by atoms with Gasteiger partial charge in [0.05, 0.1) is 5.69 Å². The lowest BCUT2D eigenvalue weighted by Gasteiger charge is -2.17. The summed E-state index contributed by atoms with van der Waals surface area (Å²) in [4.78, 5) is 12.3. The van der Waals surface area contributed by atoms with Crippen molar-refractivity contribution in [3.8, 4) is 5.69 Å². The summed E-state index contributed by atoms with van der Waals surface area (Å²) in [5.41, 5.74) is 1.77. The molecule has 2 aromatic rings. The van der Waals surface area contributed by atoms with E-state index < -0.39 is 0 Å². The zero-order valence-electron chi connectivity index (χ0n) is 12.5. The molecule has 0 saturated heterocycles. The van der Waals surface area contributed by atoms with E-state index in [1.807, 2.05) is 36.5 Å². The third-order valence-electron chi connectivity index (χ3n) is 4.15. The molecule has 1 N–H and O–H groups in total. The summed E-state index contributed by atoms with van der Waals surface area (Å²) in [6.07, 6.45) is 5.08. The van der Waals surface area contributed by atoms with Gasteiger partial charge < -0.3 is 5.32 Å². The van der Waals surface area contributed by atoms with Crippen LogP contribution in [0.5, 0.6) is 0 Å². The highest BCUT2D eigenvalue weighted by Crippen LogP contribution is 2.36. The maximum Gasteiger partial charge on any atom is 0.272 e. The molecule has 1 aromatic carbocycles. The lowest BCUT2D eigenvalue weighted by molar-refractivity contribution is 0.0930. The second-order valence-electron chi connectivity index (χ2n) is 6.56. The Labute approximate surface area is 125 Å². The van der Waals surface area contributed by atoms with Gasteiger partial charge in [-0.05, 0) is 42.9 Å². The fourth-order valence-corrected chi connectivity index (χ4v) is 2.99. The van der Waals surface area contributed by atoms with Crippen LogP contribution in [0.25, 0.3) is 5.69 Å². The summed E-state index contributed by atoms with van der Waals surface area (Å²) in [6.45, 7) is 4.51. The van der Waals surface area contributed by atoms with Gasteiger partial charge in [0.1, 0.15) is 0 Å². The molecule has 4 nitrogen and oxygen atoms in total. The van der Waals surface area contributed by atoms with Crippen LogP contribution in [-0.4, -0.2) is 21.7 Å². The number of para-hydroxylation sites is 1. The molecule has 21 heavy (non-hydrogen) atoms. The molecule has 0 radical (unpaired) electrons. The molecule has 0 bridgehead atoms. The van der Waals surface area contributed by atoms with Crippen LogP contribution in [-0.2, 0) is 0 Å². The number of benzene rings is 1. The van der Waals surface area contributed by atoms with E-state index in [9.17, 15) is 4.79 Å². The molecule has 1 aromatic heterocycles. The van der Waals surface area contributed by atoms with Gasteiger partial charge >= 0.3 is 0 Å². The minimum atomic E-state index is -0.0765. The van der Waals surface area contributed by atoms with Crippen LogP contribution in [0.3, 0.4) is 0 Å². The molecule has 0 aliphatic heterocycles. The van der Waals surface area contributed by atoms with Gasteiger partial charge in [0.15, 0.2) is 5.69 Å². The van der Waals surface area contributed by atoms with Gasteiger partial charge in [-0.3, -0.25) is 4.79 Å². The zero-order valence-corrected chi connectivity index (χ0v) is 12.5. The van der Waals surface area contributed by atoms with E-state index in [4.69, 9.17) is 0 Å².